The maximum atomic E-state index is 10.7. The lowest BCUT2D eigenvalue weighted by atomic mass is 9.97. The van der Waals surface area contributed by atoms with Crippen LogP contribution in [-0.2, 0) is 12.0 Å². The Morgan fingerprint density at radius 3 is 2.43 bits per heavy atom. The van der Waals surface area contributed by atoms with Crippen molar-refractivity contribution in [3.8, 4) is 0 Å². The molecule has 0 bridgehead atoms. The van der Waals surface area contributed by atoms with E-state index in [1.807, 2.05) is 20.8 Å². The maximum absolute atomic E-state index is 10.7. The molecule has 0 saturated carbocycles. The molecule has 0 radical (unpaired) electrons. The van der Waals surface area contributed by atoms with E-state index < -0.39 is 5.97 Å². The number of nitrogens with two attached hydrogens (primary N) is 1. The van der Waals surface area contributed by atoms with E-state index in [4.69, 9.17) is 15.3 Å². The van der Waals surface area contributed by atoms with Gasteiger partial charge >= 0.3 is 5.97 Å². The Labute approximate surface area is 81.9 Å². The van der Waals surface area contributed by atoms with Crippen LogP contribution < -0.4 is 5.73 Å². The molecule has 5 heteroatoms. The smallest absolute Gasteiger partial charge is 0.358 e. The van der Waals surface area contributed by atoms with E-state index in [0.717, 1.165) is 0 Å². The van der Waals surface area contributed by atoms with E-state index in [1.165, 1.54) is 0 Å². The molecule has 1 rings (SSSR count). The molecule has 0 aliphatic carbocycles. The van der Waals surface area contributed by atoms with Crippen LogP contribution in [-0.4, -0.2) is 16.1 Å². The molecule has 0 fully saturated rings. The van der Waals surface area contributed by atoms with Crippen molar-refractivity contribution in [1.29, 1.82) is 0 Å². The fourth-order valence-corrected chi connectivity index (χ4v) is 0.978. The van der Waals surface area contributed by atoms with Gasteiger partial charge in [-0.15, -0.1) is 0 Å². The van der Waals surface area contributed by atoms with Gasteiger partial charge in [0.1, 0.15) is 0 Å². The second kappa shape index (κ2) is 3.42. The second-order valence-corrected chi connectivity index (χ2v) is 4.05. The number of aromatic carboxylic acids is 1. The summed E-state index contributed by atoms with van der Waals surface area (Å²) in [6.07, 6.45) is 0. The quantitative estimate of drug-likeness (QED) is 0.743. The Morgan fingerprint density at radius 2 is 2.14 bits per heavy atom. The average molecular weight is 198 g/mol. The molecule has 0 spiro atoms. The third-order valence-electron chi connectivity index (χ3n) is 1.73. The molecule has 78 valence electrons. The van der Waals surface area contributed by atoms with Gasteiger partial charge in [0.2, 0.25) is 5.89 Å². The molecule has 0 aliphatic rings. The van der Waals surface area contributed by atoms with E-state index in [1.54, 1.807) is 0 Å². The highest BCUT2D eigenvalue weighted by molar-refractivity contribution is 5.86. The van der Waals surface area contributed by atoms with Gasteiger partial charge in [-0.2, -0.15) is 0 Å². The summed E-state index contributed by atoms with van der Waals surface area (Å²) in [4.78, 5) is 14.6. The van der Waals surface area contributed by atoms with Crippen LogP contribution in [0.5, 0.6) is 0 Å². The molecule has 1 aromatic heterocycles. The summed E-state index contributed by atoms with van der Waals surface area (Å²) in [6, 6.07) is 0. The molecular formula is C9H14N2O3. The van der Waals surface area contributed by atoms with Crippen molar-refractivity contribution < 1.29 is 14.3 Å². The minimum Gasteiger partial charge on any atom is -0.476 e. The summed E-state index contributed by atoms with van der Waals surface area (Å²) in [5, 5.41) is 8.80. The molecule has 0 aliphatic heterocycles. The lowest BCUT2D eigenvalue weighted by Crippen LogP contribution is -2.12. The SMILES string of the molecule is CC(C)(C)c1nc(C(=O)O)c(CN)o1. The number of carboxylic acid groups (broad SMARTS) is 1. The largest absolute Gasteiger partial charge is 0.476 e. The third kappa shape index (κ3) is 1.93. The fourth-order valence-electron chi connectivity index (χ4n) is 0.978. The highest BCUT2D eigenvalue weighted by atomic mass is 16.4. The number of hydrogen-bond acceptors (Lipinski definition) is 4. The lowest BCUT2D eigenvalue weighted by molar-refractivity contribution is 0.0688. The topological polar surface area (TPSA) is 89.3 Å². The summed E-state index contributed by atoms with van der Waals surface area (Å²) in [7, 11) is 0. The first kappa shape index (κ1) is 10.7. The van der Waals surface area contributed by atoms with Crippen molar-refractivity contribution in [2.75, 3.05) is 0 Å². The highest BCUT2D eigenvalue weighted by Crippen LogP contribution is 2.23. The van der Waals surface area contributed by atoms with Gasteiger partial charge in [-0.3, -0.25) is 0 Å². The summed E-state index contributed by atoms with van der Waals surface area (Å²) >= 11 is 0. The second-order valence-electron chi connectivity index (χ2n) is 4.05. The molecule has 14 heavy (non-hydrogen) atoms. The monoisotopic (exact) mass is 198 g/mol. The summed E-state index contributed by atoms with van der Waals surface area (Å²) < 4.78 is 5.27. The molecule has 3 N–H and O–H groups in total. The number of carbonyl (C=O) groups is 1. The molecule has 0 saturated heterocycles. The van der Waals surface area contributed by atoms with Gasteiger partial charge in [0.25, 0.3) is 0 Å². The Balaban J connectivity index is 3.20. The molecular weight excluding hydrogens is 184 g/mol. The Morgan fingerprint density at radius 1 is 1.57 bits per heavy atom. The van der Waals surface area contributed by atoms with Crippen molar-refractivity contribution in [3.05, 3.63) is 17.3 Å². The Bertz CT molecular complexity index is 349. The Hall–Kier alpha value is -1.36. The first-order chi connectivity index (χ1) is 6.36. The van der Waals surface area contributed by atoms with Crippen LogP contribution in [0.25, 0.3) is 0 Å². The van der Waals surface area contributed by atoms with E-state index in [2.05, 4.69) is 4.98 Å². The fraction of sp³-hybridized carbons (Fsp3) is 0.556. The number of nitrogens with zero attached hydrogens (tertiary/aromatic N) is 1. The van der Waals surface area contributed by atoms with Gasteiger partial charge in [-0.25, -0.2) is 9.78 Å². The van der Waals surface area contributed by atoms with E-state index in [-0.39, 0.29) is 23.4 Å². The summed E-state index contributed by atoms with van der Waals surface area (Å²) in [5.41, 5.74) is 4.95. The van der Waals surface area contributed by atoms with E-state index in [9.17, 15) is 4.79 Å². The normalized spacial score (nSPS) is 11.7. The predicted octanol–water partition coefficient (Wildman–Crippen LogP) is 1.13. The average Bonchev–Trinajstić information content (AvgIpc) is 2.45. The zero-order valence-electron chi connectivity index (χ0n) is 8.50. The van der Waals surface area contributed by atoms with Crippen LogP contribution in [0.2, 0.25) is 0 Å². The number of hydrogen-bond donors (Lipinski definition) is 2. The van der Waals surface area contributed by atoms with Crippen molar-refractivity contribution >= 4 is 5.97 Å². The first-order valence-electron chi connectivity index (χ1n) is 4.29. The van der Waals surface area contributed by atoms with Crippen LogP contribution in [0, 0.1) is 0 Å². The molecule has 5 nitrogen and oxygen atoms in total. The van der Waals surface area contributed by atoms with Crippen molar-refractivity contribution in [2.24, 2.45) is 5.73 Å². The predicted molar refractivity (Wildman–Crippen MR) is 50.1 cm³/mol. The van der Waals surface area contributed by atoms with Gasteiger partial charge in [-0.05, 0) is 0 Å². The standard InChI is InChI=1S/C9H14N2O3/c1-9(2,3)8-11-6(7(12)13)5(4-10)14-8/h4,10H2,1-3H3,(H,12,13). The van der Waals surface area contributed by atoms with Gasteiger partial charge in [0, 0.05) is 5.41 Å². The summed E-state index contributed by atoms with van der Waals surface area (Å²) in [6.45, 7) is 5.73. The lowest BCUT2D eigenvalue weighted by Gasteiger charge is -2.11. The highest BCUT2D eigenvalue weighted by Gasteiger charge is 2.25. The van der Waals surface area contributed by atoms with Crippen LogP contribution in [0.15, 0.2) is 4.42 Å². The molecule has 1 aromatic rings. The number of carboxylic acids is 1. The number of rotatable bonds is 2. The zero-order valence-corrected chi connectivity index (χ0v) is 8.50. The van der Waals surface area contributed by atoms with Crippen molar-refractivity contribution in [1.82, 2.24) is 4.98 Å². The molecule has 0 aromatic carbocycles. The van der Waals surface area contributed by atoms with Crippen molar-refractivity contribution in [2.45, 2.75) is 32.7 Å². The minimum atomic E-state index is -1.11. The van der Waals surface area contributed by atoms with Gasteiger partial charge in [0.15, 0.2) is 11.5 Å². The minimum absolute atomic E-state index is 0.0463. The third-order valence-corrected chi connectivity index (χ3v) is 1.73. The van der Waals surface area contributed by atoms with Crippen LogP contribution >= 0.6 is 0 Å². The van der Waals surface area contributed by atoms with Gasteiger partial charge in [0.05, 0.1) is 6.54 Å². The van der Waals surface area contributed by atoms with Crippen LogP contribution in [0.4, 0.5) is 0 Å². The van der Waals surface area contributed by atoms with E-state index in [0.29, 0.717) is 5.89 Å². The number of aromatic nitrogens is 1. The maximum Gasteiger partial charge on any atom is 0.358 e. The summed E-state index contributed by atoms with van der Waals surface area (Å²) in [5.74, 6) is -0.484. The van der Waals surface area contributed by atoms with Crippen LogP contribution in [0.3, 0.4) is 0 Å². The number of oxazole rings is 1. The molecule has 1 heterocycles. The molecule has 0 unspecified atom stereocenters. The Kier molecular flexibility index (Phi) is 2.62. The first-order valence-corrected chi connectivity index (χ1v) is 4.29. The molecule has 0 amide bonds. The van der Waals surface area contributed by atoms with Gasteiger partial charge < -0.3 is 15.3 Å². The van der Waals surface area contributed by atoms with Crippen molar-refractivity contribution in [3.63, 3.8) is 0 Å². The zero-order chi connectivity index (χ0) is 10.9. The van der Waals surface area contributed by atoms with Crippen LogP contribution in [0.1, 0.15) is 42.9 Å². The van der Waals surface area contributed by atoms with E-state index >= 15 is 0 Å². The van der Waals surface area contributed by atoms with Gasteiger partial charge in [-0.1, -0.05) is 20.8 Å². The molecule has 0 atom stereocenters.